The molecule has 24 heavy (non-hydrogen) atoms. The van der Waals surface area contributed by atoms with Crippen molar-refractivity contribution in [1.82, 2.24) is 10.2 Å². The van der Waals surface area contributed by atoms with E-state index in [1.54, 1.807) is 6.07 Å². The number of carbonyl (C=O) groups is 1. The van der Waals surface area contributed by atoms with Gasteiger partial charge in [0.15, 0.2) is 11.0 Å². The largest absolute Gasteiger partial charge is 0.322 e. The number of aryl methyl sites for hydroxylation is 1. The third-order valence-corrected chi connectivity index (χ3v) is 4.27. The monoisotopic (exact) mass is 344 g/mol. The van der Waals surface area contributed by atoms with Gasteiger partial charge in [0, 0.05) is 13.1 Å². The van der Waals surface area contributed by atoms with Crippen LogP contribution in [0.5, 0.6) is 0 Å². The minimum Gasteiger partial charge on any atom is -0.322 e. The highest BCUT2D eigenvalue weighted by atomic mass is 35.5. The van der Waals surface area contributed by atoms with E-state index in [1.807, 2.05) is 11.8 Å². The average Bonchev–Trinajstić information content (AvgIpc) is 2.65. The zero-order valence-electron chi connectivity index (χ0n) is 14.2. The summed E-state index contributed by atoms with van der Waals surface area (Å²) < 4.78 is 0. The van der Waals surface area contributed by atoms with Gasteiger partial charge in [-0.2, -0.15) is 0 Å². The SMILES string of the molecule is CCCN1C(=O)c2cc(Cl)nnc2N(CCC)c2ccc(C)cc21. The summed E-state index contributed by atoms with van der Waals surface area (Å²) in [5.74, 6) is 0.504. The first-order valence-electron chi connectivity index (χ1n) is 8.30. The Morgan fingerprint density at radius 3 is 2.42 bits per heavy atom. The normalized spacial score (nSPS) is 13.6. The Labute approximate surface area is 147 Å². The third kappa shape index (κ3) is 2.84. The van der Waals surface area contributed by atoms with Gasteiger partial charge >= 0.3 is 0 Å². The third-order valence-electron chi connectivity index (χ3n) is 4.08. The number of halogens is 1. The molecule has 2 heterocycles. The van der Waals surface area contributed by atoms with Crippen molar-refractivity contribution in [2.24, 2.45) is 0 Å². The molecule has 2 aromatic rings. The van der Waals surface area contributed by atoms with Gasteiger partial charge in [-0.3, -0.25) is 4.79 Å². The van der Waals surface area contributed by atoms with Crippen LogP contribution in [-0.2, 0) is 0 Å². The fourth-order valence-electron chi connectivity index (χ4n) is 3.06. The van der Waals surface area contributed by atoms with Crippen LogP contribution in [0.1, 0.15) is 42.6 Å². The van der Waals surface area contributed by atoms with Gasteiger partial charge in [-0.1, -0.05) is 31.5 Å². The molecule has 0 aliphatic carbocycles. The van der Waals surface area contributed by atoms with Crippen LogP contribution in [0.15, 0.2) is 24.3 Å². The Kier molecular flexibility index (Phi) is 4.71. The van der Waals surface area contributed by atoms with Crippen molar-refractivity contribution in [3.05, 3.63) is 40.5 Å². The van der Waals surface area contributed by atoms with Gasteiger partial charge in [0.25, 0.3) is 5.91 Å². The molecule has 1 aromatic heterocycles. The summed E-state index contributed by atoms with van der Waals surface area (Å²) in [6.07, 6.45) is 1.80. The van der Waals surface area contributed by atoms with Crippen molar-refractivity contribution in [2.45, 2.75) is 33.6 Å². The number of fused-ring (bicyclic) bond motifs is 2. The van der Waals surface area contributed by atoms with E-state index in [1.165, 1.54) is 0 Å². The van der Waals surface area contributed by atoms with Crippen molar-refractivity contribution in [3.63, 3.8) is 0 Å². The van der Waals surface area contributed by atoms with Crippen LogP contribution in [0.3, 0.4) is 0 Å². The Morgan fingerprint density at radius 2 is 1.71 bits per heavy atom. The van der Waals surface area contributed by atoms with Crippen LogP contribution in [-0.4, -0.2) is 29.2 Å². The molecule has 0 bridgehead atoms. The Balaban J connectivity index is 2.28. The second kappa shape index (κ2) is 6.77. The number of benzene rings is 1. The van der Waals surface area contributed by atoms with Crippen LogP contribution in [0, 0.1) is 6.92 Å². The lowest BCUT2D eigenvalue weighted by atomic mass is 10.1. The molecule has 0 saturated heterocycles. The Bertz CT molecular complexity index is 778. The molecule has 1 amide bonds. The fourth-order valence-corrected chi connectivity index (χ4v) is 3.21. The van der Waals surface area contributed by atoms with E-state index in [9.17, 15) is 4.79 Å². The quantitative estimate of drug-likeness (QED) is 0.827. The molecule has 1 aliphatic rings. The van der Waals surface area contributed by atoms with Crippen LogP contribution in [0.4, 0.5) is 17.2 Å². The van der Waals surface area contributed by atoms with Crippen LogP contribution >= 0.6 is 11.6 Å². The summed E-state index contributed by atoms with van der Waals surface area (Å²) in [6, 6.07) is 7.80. The molecule has 0 unspecified atom stereocenters. The van der Waals surface area contributed by atoms with Gasteiger partial charge in [0.2, 0.25) is 0 Å². The molecule has 0 fully saturated rings. The number of hydrogen-bond acceptors (Lipinski definition) is 4. The van der Waals surface area contributed by atoms with Crippen molar-refractivity contribution < 1.29 is 4.79 Å². The predicted molar refractivity (Wildman–Crippen MR) is 97.5 cm³/mol. The zero-order chi connectivity index (χ0) is 17.3. The summed E-state index contributed by atoms with van der Waals surface area (Å²) in [4.78, 5) is 17.1. The van der Waals surface area contributed by atoms with Gasteiger partial charge < -0.3 is 9.80 Å². The van der Waals surface area contributed by atoms with E-state index in [-0.39, 0.29) is 11.1 Å². The first-order valence-corrected chi connectivity index (χ1v) is 8.67. The van der Waals surface area contributed by atoms with E-state index in [0.29, 0.717) is 17.9 Å². The van der Waals surface area contributed by atoms with Gasteiger partial charge in [0.1, 0.15) is 0 Å². The number of amides is 1. The lowest BCUT2D eigenvalue weighted by Crippen LogP contribution is -2.31. The lowest BCUT2D eigenvalue weighted by Gasteiger charge is -2.26. The average molecular weight is 345 g/mol. The van der Waals surface area contributed by atoms with E-state index in [4.69, 9.17) is 11.6 Å². The van der Waals surface area contributed by atoms with Crippen molar-refractivity contribution in [2.75, 3.05) is 22.9 Å². The molecule has 126 valence electrons. The Hall–Kier alpha value is -2.14. The smallest absolute Gasteiger partial charge is 0.262 e. The van der Waals surface area contributed by atoms with Crippen molar-refractivity contribution >= 4 is 34.7 Å². The maximum atomic E-state index is 13.2. The summed E-state index contributed by atoms with van der Waals surface area (Å²) in [5.41, 5.74) is 3.53. The molecule has 1 aliphatic heterocycles. The van der Waals surface area contributed by atoms with Crippen LogP contribution in [0.25, 0.3) is 0 Å². The molecule has 6 heteroatoms. The maximum absolute atomic E-state index is 13.2. The number of hydrogen-bond donors (Lipinski definition) is 0. The van der Waals surface area contributed by atoms with Crippen LogP contribution in [0.2, 0.25) is 5.15 Å². The van der Waals surface area contributed by atoms with Crippen LogP contribution < -0.4 is 9.80 Å². The standard InChI is InChI=1S/C18H21ClN4O/c1-4-8-22-14-7-6-12(3)10-15(14)23(9-5-2)18(24)13-11-16(19)20-21-17(13)22/h6-7,10-11H,4-5,8-9H2,1-3H3. The second-order valence-corrected chi connectivity index (χ2v) is 6.39. The fraction of sp³-hybridized carbons (Fsp3) is 0.389. The number of nitrogens with zero attached hydrogens (tertiary/aromatic N) is 4. The van der Waals surface area contributed by atoms with Crippen molar-refractivity contribution in [1.29, 1.82) is 0 Å². The number of aromatic nitrogens is 2. The van der Waals surface area contributed by atoms with Gasteiger partial charge in [0.05, 0.1) is 16.9 Å². The zero-order valence-corrected chi connectivity index (χ0v) is 15.0. The predicted octanol–water partition coefficient (Wildman–Crippen LogP) is 4.36. The number of anilines is 3. The van der Waals surface area contributed by atoms with E-state index in [2.05, 4.69) is 47.1 Å². The number of carbonyl (C=O) groups excluding carboxylic acids is 1. The molecule has 0 saturated carbocycles. The molecular weight excluding hydrogens is 324 g/mol. The first-order chi connectivity index (χ1) is 11.6. The minimum absolute atomic E-state index is 0.0749. The van der Waals surface area contributed by atoms with Gasteiger partial charge in [-0.05, 0) is 43.5 Å². The highest BCUT2D eigenvalue weighted by Gasteiger charge is 2.32. The first kappa shape index (κ1) is 16.7. The number of rotatable bonds is 4. The highest BCUT2D eigenvalue weighted by molar-refractivity contribution is 6.30. The molecule has 0 N–H and O–H groups in total. The molecule has 0 spiro atoms. The molecular formula is C18H21ClN4O. The highest BCUT2D eigenvalue weighted by Crippen LogP contribution is 2.40. The summed E-state index contributed by atoms with van der Waals surface area (Å²) in [7, 11) is 0. The Morgan fingerprint density at radius 1 is 1.00 bits per heavy atom. The molecule has 3 rings (SSSR count). The van der Waals surface area contributed by atoms with E-state index >= 15 is 0 Å². The molecule has 0 atom stereocenters. The molecule has 5 nitrogen and oxygen atoms in total. The summed E-state index contributed by atoms with van der Waals surface area (Å²) in [5, 5.41) is 8.44. The minimum atomic E-state index is -0.0749. The molecule has 1 aromatic carbocycles. The van der Waals surface area contributed by atoms with Crippen molar-refractivity contribution in [3.8, 4) is 0 Å². The topological polar surface area (TPSA) is 49.3 Å². The second-order valence-electron chi connectivity index (χ2n) is 6.00. The van der Waals surface area contributed by atoms with E-state index in [0.717, 1.165) is 36.3 Å². The van der Waals surface area contributed by atoms with Gasteiger partial charge in [-0.25, -0.2) is 0 Å². The molecule has 0 radical (unpaired) electrons. The summed E-state index contributed by atoms with van der Waals surface area (Å²) in [6.45, 7) is 7.61. The summed E-state index contributed by atoms with van der Waals surface area (Å²) >= 11 is 6.02. The van der Waals surface area contributed by atoms with E-state index < -0.39 is 0 Å². The maximum Gasteiger partial charge on any atom is 0.262 e. The van der Waals surface area contributed by atoms with Gasteiger partial charge in [-0.15, -0.1) is 10.2 Å². The lowest BCUT2D eigenvalue weighted by molar-refractivity contribution is 0.0988.